The smallest absolute Gasteiger partial charge is 0.285 e. The van der Waals surface area contributed by atoms with E-state index < -0.39 is 5.92 Å². The van der Waals surface area contributed by atoms with Crippen molar-refractivity contribution in [2.24, 2.45) is 0 Å². The molecule has 0 aliphatic heterocycles. The second-order valence-corrected chi connectivity index (χ2v) is 3.84. The SMILES string of the molecule is CCCNCC(F)(F)c1ccc(OCC)cc1. The third kappa shape index (κ3) is 4.30. The Bertz CT molecular complexity index is 325. The molecule has 0 atom stereocenters. The molecule has 0 fully saturated rings. The van der Waals surface area contributed by atoms with E-state index in [0.717, 1.165) is 6.42 Å². The molecule has 0 aromatic heterocycles. The third-order valence-corrected chi connectivity index (χ3v) is 2.36. The number of nitrogens with one attached hydrogen (secondary N) is 1. The number of halogens is 2. The van der Waals surface area contributed by atoms with Crippen LogP contribution in [0.25, 0.3) is 0 Å². The third-order valence-electron chi connectivity index (χ3n) is 2.36. The van der Waals surface area contributed by atoms with Crippen LogP contribution in [0.2, 0.25) is 0 Å². The van der Waals surface area contributed by atoms with Gasteiger partial charge in [0.1, 0.15) is 5.75 Å². The van der Waals surface area contributed by atoms with E-state index in [1.807, 2.05) is 13.8 Å². The van der Waals surface area contributed by atoms with E-state index >= 15 is 0 Å². The second kappa shape index (κ2) is 6.55. The summed E-state index contributed by atoms with van der Waals surface area (Å²) in [5.41, 5.74) is 0.0181. The quantitative estimate of drug-likeness (QED) is 0.743. The fourth-order valence-electron chi connectivity index (χ4n) is 1.49. The highest BCUT2D eigenvalue weighted by molar-refractivity contribution is 5.30. The Morgan fingerprint density at radius 3 is 2.35 bits per heavy atom. The lowest BCUT2D eigenvalue weighted by Crippen LogP contribution is -2.31. The van der Waals surface area contributed by atoms with Crippen molar-refractivity contribution in [2.75, 3.05) is 19.7 Å². The van der Waals surface area contributed by atoms with Crippen LogP contribution in [0.1, 0.15) is 25.8 Å². The summed E-state index contributed by atoms with van der Waals surface area (Å²) < 4.78 is 32.6. The van der Waals surface area contributed by atoms with Gasteiger partial charge in [0.05, 0.1) is 13.2 Å². The maximum atomic E-state index is 13.7. The van der Waals surface area contributed by atoms with Crippen LogP contribution in [0.3, 0.4) is 0 Å². The van der Waals surface area contributed by atoms with E-state index in [-0.39, 0.29) is 12.1 Å². The van der Waals surface area contributed by atoms with Crippen molar-refractivity contribution in [3.05, 3.63) is 29.8 Å². The Hall–Kier alpha value is -1.16. The molecule has 17 heavy (non-hydrogen) atoms. The highest BCUT2D eigenvalue weighted by atomic mass is 19.3. The average Bonchev–Trinajstić information content (AvgIpc) is 2.30. The zero-order valence-corrected chi connectivity index (χ0v) is 10.3. The van der Waals surface area contributed by atoms with Gasteiger partial charge in [-0.1, -0.05) is 6.92 Å². The largest absolute Gasteiger partial charge is 0.494 e. The predicted octanol–water partition coefficient (Wildman–Crippen LogP) is 3.18. The molecule has 0 heterocycles. The van der Waals surface area contributed by atoms with Crippen molar-refractivity contribution in [1.29, 1.82) is 0 Å². The standard InChI is InChI=1S/C13H19F2NO/c1-3-9-16-10-13(14,15)11-5-7-12(8-6-11)17-4-2/h5-8,16H,3-4,9-10H2,1-2H3. The monoisotopic (exact) mass is 243 g/mol. The van der Waals surface area contributed by atoms with Gasteiger partial charge in [-0.05, 0) is 44.2 Å². The predicted molar refractivity (Wildman–Crippen MR) is 64.7 cm³/mol. The minimum absolute atomic E-state index is 0.0181. The summed E-state index contributed by atoms with van der Waals surface area (Å²) in [6.07, 6.45) is 0.847. The van der Waals surface area contributed by atoms with Gasteiger partial charge in [-0.2, -0.15) is 8.78 Å². The lowest BCUT2D eigenvalue weighted by atomic mass is 10.1. The number of alkyl halides is 2. The first kappa shape index (κ1) is 13.9. The maximum Gasteiger partial charge on any atom is 0.285 e. The van der Waals surface area contributed by atoms with E-state index in [4.69, 9.17) is 4.74 Å². The maximum absolute atomic E-state index is 13.7. The molecule has 1 rings (SSSR count). The molecule has 0 unspecified atom stereocenters. The van der Waals surface area contributed by atoms with Crippen molar-refractivity contribution in [2.45, 2.75) is 26.2 Å². The highest BCUT2D eigenvalue weighted by Gasteiger charge is 2.30. The van der Waals surface area contributed by atoms with Gasteiger partial charge in [0.25, 0.3) is 5.92 Å². The zero-order valence-electron chi connectivity index (χ0n) is 10.3. The normalized spacial score (nSPS) is 11.5. The fraction of sp³-hybridized carbons (Fsp3) is 0.538. The highest BCUT2D eigenvalue weighted by Crippen LogP contribution is 2.28. The molecule has 0 amide bonds. The molecule has 1 aromatic rings. The Balaban J connectivity index is 2.63. The van der Waals surface area contributed by atoms with Crippen molar-refractivity contribution in [1.82, 2.24) is 5.32 Å². The lowest BCUT2D eigenvalue weighted by Gasteiger charge is -2.17. The Morgan fingerprint density at radius 1 is 1.18 bits per heavy atom. The topological polar surface area (TPSA) is 21.3 Å². The van der Waals surface area contributed by atoms with Gasteiger partial charge in [-0.15, -0.1) is 0 Å². The van der Waals surface area contributed by atoms with E-state index in [1.54, 1.807) is 12.1 Å². The summed E-state index contributed by atoms with van der Waals surface area (Å²) in [4.78, 5) is 0. The van der Waals surface area contributed by atoms with Crippen LogP contribution in [-0.2, 0) is 5.92 Å². The molecule has 1 N–H and O–H groups in total. The number of benzene rings is 1. The summed E-state index contributed by atoms with van der Waals surface area (Å²) in [6, 6.07) is 5.98. The van der Waals surface area contributed by atoms with Gasteiger partial charge in [0.15, 0.2) is 0 Å². The van der Waals surface area contributed by atoms with Gasteiger partial charge < -0.3 is 10.1 Å². The molecular weight excluding hydrogens is 224 g/mol. The van der Waals surface area contributed by atoms with Crippen LogP contribution in [0.5, 0.6) is 5.75 Å². The van der Waals surface area contributed by atoms with Crippen molar-refractivity contribution >= 4 is 0 Å². The van der Waals surface area contributed by atoms with Gasteiger partial charge in [0, 0.05) is 5.56 Å². The van der Waals surface area contributed by atoms with E-state index in [9.17, 15) is 8.78 Å². The Labute approximate surface area is 101 Å². The molecule has 96 valence electrons. The van der Waals surface area contributed by atoms with Gasteiger partial charge in [0.2, 0.25) is 0 Å². The fourth-order valence-corrected chi connectivity index (χ4v) is 1.49. The van der Waals surface area contributed by atoms with Crippen LogP contribution in [-0.4, -0.2) is 19.7 Å². The van der Waals surface area contributed by atoms with Crippen LogP contribution in [0.4, 0.5) is 8.78 Å². The summed E-state index contributed by atoms with van der Waals surface area (Å²) in [5, 5.41) is 2.73. The van der Waals surface area contributed by atoms with Crippen LogP contribution < -0.4 is 10.1 Å². The van der Waals surface area contributed by atoms with Crippen LogP contribution >= 0.6 is 0 Å². The molecule has 0 saturated carbocycles. The zero-order chi connectivity index (χ0) is 12.7. The average molecular weight is 243 g/mol. The molecule has 0 radical (unpaired) electrons. The number of hydrogen-bond donors (Lipinski definition) is 1. The number of rotatable bonds is 7. The molecule has 0 aliphatic carbocycles. The summed E-state index contributed by atoms with van der Waals surface area (Å²) in [7, 11) is 0. The first-order valence-corrected chi connectivity index (χ1v) is 5.92. The van der Waals surface area contributed by atoms with E-state index in [2.05, 4.69) is 5.32 Å². The van der Waals surface area contributed by atoms with Crippen LogP contribution in [0, 0.1) is 0 Å². The number of ether oxygens (including phenoxy) is 1. The van der Waals surface area contributed by atoms with Crippen molar-refractivity contribution < 1.29 is 13.5 Å². The summed E-state index contributed by atoms with van der Waals surface area (Å²) in [5.74, 6) is -2.21. The molecule has 0 saturated heterocycles. The Morgan fingerprint density at radius 2 is 1.82 bits per heavy atom. The van der Waals surface area contributed by atoms with E-state index in [0.29, 0.717) is 18.9 Å². The first-order valence-electron chi connectivity index (χ1n) is 5.92. The van der Waals surface area contributed by atoms with Crippen molar-refractivity contribution in [3.63, 3.8) is 0 Å². The molecule has 4 heteroatoms. The minimum Gasteiger partial charge on any atom is -0.494 e. The molecule has 0 aliphatic rings. The first-order chi connectivity index (χ1) is 8.10. The minimum atomic E-state index is -2.83. The van der Waals surface area contributed by atoms with Gasteiger partial charge in [-0.3, -0.25) is 0 Å². The summed E-state index contributed by atoms with van der Waals surface area (Å²) in [6.45, 7) is 4.62. The molecule has 0 spiro atoms. The second-order valence-electron chi connectivity index (χ2n) is 3.84. The van der Waals surface area contributed by atoms with Crippen LogP contribution in [0.15, 0.2) is 24.3 Å². The molecular formula is C13H19F2NO. The summed E-state index contributed by atoms with van der Waals surface area (Å²) >= 11 is 0. The van der Waals surface area contributed by atoms with Gasteiger partial charge in [-0.25, -0.2) is 0 Å². The van der Waals surface area contributed by atoms with Gasteiger partial charge >= 0.3 is 0 Å². The molecule has 0 bridgehead atoms. The van der Waals surface area contributed by atoms with Crippen molar-refractivity contribution in [3.8, 4) is 5.75 Å². The van der Waals surface area contributed by atoms with E-state index in [1.165, 1.54) is 12.1 Å². The Kier molecular flexibility index (Phi) is 5.35. The molecule has 2 nitrogen and oxygen atoms in total. The lowest BCUT2D eigenvalue weighted by molar-refractivity contribution is -0.00294. The number of hydrogen-bond acceptors (Lipinski definition) is 2. The molecule has 1 aromatic carbocycles.